The van der Waals surface area contributed by atoms with Gasteiger partial charge in [0.1, 0.15) is 0 Å². The highest BCUT2D eigenvalue weighted by molar-refractivity contribution is 5.81. The second-order valence-electron chi connectivity index (χ2n) is 6.20. The molecule has 1 aliphatic rings. The van der Waals surface area contributed by atoms with Gasteiger partial charge in [0.2, 0.25) is 0 Å². The largest absolute Gasteiger partial charge is 0.299 e. The highest BCUT2D eigenvalue weighted by Gasteiger charge is 2.19. The van der Waals surface area contributed by atoms with E-state index in [1.807, 2.05) is 19.1 Å². The van der Waals surface area contributed by atoms with Gasteiger partial charge in [0.15, 0.2) is 0 Å². The second kappa shape index (κ2) is 5.60. The van der Waals surface area contributed by atoms with Crippen molar-refractivity contribution in [3.63, 3.8) is 0 Å². The standard InChI is InChI=1S/C17H23N3O/c1-12-6-7-15-16(14(12)3)18-11-20(17(15)21)10-13(2)19-8-4-5-9-19/h6-7,11,13H,4-5,8-10H2,1-3H3. The summed E-state index contributed by atoms with van der Waals surface area (Å²) < 4.78 is 1.76. The summed E-state index contributed by atoms with van der Waals surface area (Å²) in [7, 11) is 0. The van der Waals surface area contributed by atoms with Crippen molar-refractivity contribution in [3.05, 3.63) is 39.9 Å². The molecule has 21 heavy (non-hydrogen) atoms. The quantitative estimate of drug-likeness (QED) is 0.869. The molecule has 1 aliphatic heterocycles. The molecule has 4 nitrogen and oxygen atoms in total. The zero-order valence-electron chi connectivity index (χ0n) is 13.1. The molecule has 1 atom stereocenters. The maximum absolute atomic E-state index is 12.6. The molecule has 0 aliphatic carbocycles. The van der Waals surface area contributed by atoms with Gasteiger partial charge in [0.05, 0.1) is 17.2 Å². The number of likely N-dealkylation sites (tertiary alicyclic amines) is 1. The second-order valence-corrected chi connectivity index (χ2v) is 6.20. The van der Waals surface area contributed by atoms with Gasteiger partial charge in [-0.3, -0.25) is 14.3 Å². The summed E-state index contributed by atoms with van der Waals surface area (Å²) >= 11 is 0. The summed E-state index contributed by atoms with van der Waals surface area (Å²) in [6.07, 6.45) is 4.25. The Hall–Kier alpha value is -1.68. The van der Waals surface area contributed by atoms with E-state index in [0.717, 1.165) is 29.6 Å². The molecule has 0 radical (unpaired) electrons. The van der Waals surface area contributed by atoms with Gasteiger partial charge >= 0.3 is 0 Å². The molecule has 1 unspecified atom stereocenters. The van der Waals surface area contributed by atoms with E-state index >= 15 is 0 Å². The van der Waals surface area contributed by atoms with Crippen LogP contribution in [0.4, 0.5) is 0 Å². The van der Waals surface area contributed by atoms with Crippen LogP contribution in [0.25, 0.3) is 10.9 Å². The third-order valence-electron chi connectivity index (χ3n) is 4.74. The molecule has 1 aromatic heterocycles. The fraction of sp³-hybridized carbons (Fsp3) is 0.529. The zero-order valence-corrected chi connectivity index (χ0v) is 13.1. The third kappa shape index (κ3) is 2.60. The van der Waals surface area contributed by atoms with Gasteiger partial charge in [0.25, 0.3) is 5.56 Å². The van der Waals surface area contributed by atoms with Crippen LogP contribution in [0.1, 0.15) is 30.9 Å². The Labute approximate surface area is 125 Å². The van der Waals surface area contributed by atoms with Crippen molar-refractivity contribution in [1.29, 1.82) is 0 Å². The Bertz CT molecular complexity index is 714. The lowest BCUT2D eigenvalue weighted by Crippen LogP contribution is -2.36. The minimum atomic E-state index is 0.0779. The van der Waals surface area contributed by atoms with E-state index in [2.05, 4.69) is 23.7 Å². The predicted octanol–water partition coefficient (Wildman–Crippen LogP) is 2.50. The van der Waals surface area contributed by atoms with E-state index in [-0.39, 0.29) is 5.56 Å². The van der Waals surface area contributed by atoms with Crippen LogP contribution in [0.15, 0.2) is 23.3 Å². The van der Waals surface area contributed by atoms with Gasteiger partial charge in [-0.1, -0.05) is 6.07 Å². The van der Waals surface area contributed by atoms with Gasteiger partial charge in [-0.2, -0.15) is 0 Å². The lowest BCUT2D eigenvalue weighted by molar-refractivity contribution is 0.234. The summed E-state index contributed by atoms with van der Waals surface area (Å²) in [6, 6.07) is 4.30. The molecule has 3 rings (SSSR count). The Kier molecular flexibility index (Phi) is 3.81. The molecule has 1 saturated heterocycles. The van der Waals surface area contributed by atoms with Crippen LogP contribution in [0.2, 0.25) is 0 Å². The van der Waals surface area contributed by atoms with Crippen LogP contribution >= 0.6 is 0 Å². The number of aromatic nitrogens is 2. The molecule has 0 saturated carbocycles. The van der Waals surface area contributed by atoms with Gasteiger partial charge in [-0.05, 0) is 63.9 Å². The molecule has 1 aromatic carbocycles. The first-order chi connectivity index (χ1) is 10.1. The molecule has 0 N–H and O–H groups in total. The van der Waals surface area contributed by atoms with Crippen LogP contribution in [-0.4, -0.2) is 33.6 Å². The summed E-state index contributed by atoms with van der Waals surface area (Å²) in [5, 5.41) is 0.731. The molecule has 2 heterocycles. The highest BCUT2D eigenvalue weighted by atomic mass is 16.1. The number of rotatable bonds is 3. The number of hydrogen-bond donors (Lipinski definition) is 0. The Balaban J connectivity index is 1.95. The maximum atomic E-state index is 12.6. The summed E-state index contributed by atoms with van der Waals surface area (Å²) in [5.41, 5.74) is 3.20. The molecule has 4 heteroatoms. The van der Waals surface area contributed by atoms with Crippen molar-refractivity contribution in [1.82, 2.24) is 14.5 Å². The Morgan fingerprint density at radius 1 is 1.24 bits per heavy atom. The smallest absolute Gasteiger partial charge is 0.261 e. The van der Waals surface area contributed by atoms with Gasteiger partial charge in [-0.15, -0.1) is 0 Å². The van der Waals surface area contributed by atoms with Crippen molar-refractivity contribution in [3.8, 4) is 0 Å². The minimum absolute atomic E-state index is 0.0779. The number of benzene rings is 1. The SMILES string of the molecule is Cc1ccc2c(=O)n(CC(C)N3CCCC3)cnc2c1C. The number of aryl methyl sites for hydroxylation is 2. The Morgan fingerprint density at radius 3 is 2.67 bits per heavy atom. The molecule has 2 aromatic rings. The van der Waals surface area contributed by atoms with Crippen molar-refractivity contribution in [2.45, 2.75) is 46.2 Å². The van der Waals surface area contributed by atoms with Crippen LogP contribution in [0.5, 0.6) is 0 Å². The number of fused-ring (bicyclic) bond motifs is 1. The molecule has 1 fully saturated rings. The van der Waals surface area contributed by atoms with Gasteiger partial charge < -0.3 is 0 Å². The van der Waals surface area contributed by atoms with E-state index in [0.29, 0.717) is 12.6 Å². The predicted molar refractivity (Wildman–Crippen MR) is 85.7 cm³/mol. The monoisotopic (exact) mass is 285 g/mol. The zero-order chi connectivity index (χ0) is 15.0. The fourth-order valence-corrected chi connectivity index (χ4v) is 3.19. The molecular formula is C17H23N3O. The lowest BCUT2D eigenvalue weighted by atomic mass is 10.1. The van der Waals surface area contributed by atoms with E-state index in [4.69, 9.17) is 0 Å². The molecule has 0 bridgehead atoms. The average molecular weight is 285 g/mol. The van der Waals surface area contributed by atoms with E-state index in [1.165, 1.54) is 18.4 Å². The topological polar surface area (TPSA) is 38.1 Å². The molecular weight excluding hydrogens is 262 g/mol. The van der Waals surface area contributed by atoms with Crippen LogP contribution < -0.4 is 5.56 Å². The molecule has 0 spiro atoms. The molecule has 112 valence electrons. The van der Waals surface area contributed by atoms with Crippen LogP contribution in [-0.2, 0) is 6.54 Å². The third-order valence-corrected chi connectivity index (χ3v) is 4.74. The normalized spacial score (nSPS) is 17.5. The lowest BCUT2D eigenvalue weighted by Gasteiger charge is -2.24. The van der Waals surface area contributed by atoms with Crippen LogP contribution in [0.3, 0.4) is 0 Å². The summed E-state index contributed by atoms with van der Waals surface area (Å²) in [5.74, 6) is 0. The fourth-order valence-electron chi connectivity index (χ4n) is 3.19. The summed E-state index contributed by atoms with van der Waals surface area (Å²) in [6.45, 7) is 9.29. The highest BCUT2D eigenvalue weighted by Crippen LogP contribution is 2.17. The minimum Gasteiger partial charge on any atom is -0.299 e. The average Bonchev–Trinajstić information content (AvgIpc) is 3.00. The maximum Gasteiger partial charge on any atom is 0.261 e. The van der Waals surface area contributed by atoms with E-state index in [1.54, 1.807) is 10.9 Å². The first-order valence-corrected chi connectivity index (χ1v) is 7.77. The Morgan fingerprint density at radius 2 is 1.95 bits per heavy atom. The van der Waals surface area contributed by atoms with Crippen molar-refractivity contribution in [2.24, 2.45) is 0 Å². The van der Waals surface area contributed by atoms with Crippen LogP contribution in [0, 0.1) is 13.8 Å². The van der Waals surface area contributed by atoms with Gasteiger partial charge in [-0.25, -0.2) is 4.98 Å². The van der Waals surface area contributed by atoms with Crippen molar-refractivity contribution >= 4 is 10.9 Å². The first kappa shape index (κ1) is 14.3. The number of nitrogens with zero attached hydrogens (tertiary/aromatic N) is 3. The van der Waals surface area contributed by atoms with E-state index in [9.17, 15) is 4.79 Å². The van der Waals surface area contributed by atoms with Crippen molar-refractivity contribution in [2.75, 3.05) is 13.1 Å². The first-order valence-electron chi connectivity index (χ1n) is 7.77. The van der Waals surface area contributed by atoms with Crippen molar-refractivity contribution < 1.29 is 0 Å². The number of hydrogen-bond acceptors (Lipinski definition) is 3. The van der Waals surface area contributed by atoms with Gasteiger partial charge in [0, 0.05) is 12.6 Å². The summed E-state index contributed by atoms with van der Waals surface area (Å²) in [4.78, 5) is 19.6. The molecule has 0 amide bonds. The van der Waals surface area contributed by atoms with E-state index < -0.39 is 0 Å².